The largest absolute Gasteiger partial charge is 0.383 e. The number of pyridine rings is 1. The quantitative estimate of drug-likeness (QED) is 0.260. The van der Waals surface area contributed by atoms with Gasteiger partial charge in [0.15, 0.2) is 0 Å². The number of rotatable bonds is 8. The third-order valence-corrected chi connectivity index (χ3v) is 9.36. The number of piperidine rings is 1. The Morgan fingerprint density at radius 1 is 1.19 bits per heavy atom. The molecule has 11 heteroatoms. The molecule has 0 amide bonds. The summed E-state index contributed by atoms with van der Waals surface area (Å²) in [5.74, 6) is 1.16. The molecule has 3 fully saturated rings. The van der Waals surface area contributed by atoms with E-state index in [4.69, 9.17) is 27.9 Å². The first kappa shape index (κ1) is 27.3. The van der Waals surface area contributed by atoms with Crippen LogP contribution in [0, 0.1) is 28.6 Å². The zero-order chi connectivity index (χ0) is 30.8. The molecular formula is C32H36Cl2N8O. The Labute approximate surface area is 263 Å². The van der Waals surface area contributed by atoms with E-state index in [0.717, 1.165) is 26.3 Å². The summed E-state index contributed by atoms with van der Waals surface area (Å²) in [6.07, 6.45) is 3.53. The molecule has 1 aliphatic carbocycles. The van der Waals surface area contributed by atoms with E-state index in [2.05, 4.69) is 63.3 Å². The summed E-state index contributed by atoms with van der Waals surface area (Å²) in [5.41, 5.74) is 10.0. The lowest BCUT2D eigenvalue weighted by Crippen LogP contribution is -2.50. The Kier molecular flexibility index (Phi) is 7.00. The molecule has 0 radical (unpaired) electrons. The van der Waals surface area contributed by atoms with E-state index >= 15 is 0 Å². The molecule has 4 heterocycles. The summed E-state index contributed by atoms with van der Waals surface area (Å²) < 4.78 is 15.3. The normalized spacial score (nSPS) is 25.2. The maximum atomic E-state index is 9.90. The highest BCUT2D eigenvalue weighted by molar-refractivity contribution is 6.36. The Bertz CT molecular complexity index is 1670. The predicted octanol–water partition coefficient (Wildman–Crippen LogP) is 5.52. The average molecular weight is 621 g/mol. The fourth-order valence-corrected chi connectivity index (χ4v) is 6.84. The minimum atomic E-state index is -1.50. The Morgan fingerprint density at radius 2 is 1.95 bits per heavy atom. The van der Waals surface area contributed by atoms with Gasteiger partial charge in [-0.05, 0) is 41.0 Å². The Balaban J connectivity index is 1.22. The monoisotopic (exact) mass is 619 g/mol. The van der Waals surface area contributed by atoms with Crippen molar-refractivity contribution in [3.63, 3.8) is 0 Å². The number of halogens is 2. The number of ether oxygens (including phenoxy) is 1. The highest BCUT2D eigenvalue weighted by Gasteiger charge is 2.60. The predicted molar refractivity (Wildman–Crippen MR) is 170 cm³/mol. The molecule has 43 heavy (non-hydrogen) atoms. The number of hydrogen-bond acceptors (Lipinski definition) is 9. The molecule has 224 valence electrons. The van der Waals surface area contributed by atoms with Crippen LogP contribution in [0.25, 0.3) is 10.9 Å². The third-order valence-electron chi connectivity index (χ3n) is 8.75. The number of nitrogens with zero attached hydrogens (tertiary/aromatic N) is 4. The zero-order valence-corrected chi connectivity index (χ0v) is 25.9. The average Bonchev–Trinajstić information content (AvgIpc) is 3.27. The second-order valence-corrected chi connectivity index (χ2v) is 13.9. The van der Waals surface area contributed by atoms with Crippen LogP contribution in [-0.4, -0.2) is 59.8 Å². The zero-order valence-electron chi connectivity index (χ0n) is 25.4. The van der Waals surface area contributed by atoms with Crippen molar-refractivity contribution in [3.05, 3.63) is 75.7 Å². The van der Waals surface area contributed by atoms with Crippen LogP contribution in [-0.2, 0) is 4.74 Å². The molecule has 4 atom stereocenters. The van der Waals surface area contributed by atoms with Crippen LogP contribution in [0.3, 0.4) is 0 Å². The van der Waals surface area contributed by atoms with Crippen molar-refractivity contribution in [3.8, 4) is 6.07 Å². The summed E-state index contributed by atoms with van der Waals surface area (Å²) in [6, 6.07) is 12.7. The van der Waals surface area contributed by atoms with E-state index < -0.39 is 6.02 Å². The highest BCUT2D eigenvalue weighted by atomic mass is 35.5. The van der Waals surface area contributed by atoms with Crippen molar-refractivity contribution in [1.82, 2.24) is 25.9 Å². The number of nitrogens with one attached hydrogen (secondary N) is 4. The lowest BCUT2D eigenvalue weighted by atomic mass is 9.96. The number of aromatic nitrogens is 1. The molecule has 1 unspecified atom stereocenters. The molecule has 9 nitrogen and oxygen atoms in total. The van der Waals surface area contributed by atoms with Crippen LogP contribution in [0.15, 0.2) is 54.5 Å². The highest BCUT2D eigenvalue weighted by Crippen LogP contribution is 2.50. The summed E-state index contributed by atoms with van der Waals surface area (Å²) in [5, 5.41) is 20.5. The first-order valence-electron chi connectivity index (χ1n) is 15.2. The number of hydrogen-bond donors (Lipinski definition) is 4. The van der Waals surface area contributed by atoms with Crippen LogP contribution >= 0.6 is 23.2 Å². The lowest BCUT2D eigenvalue weighted by molar-refractivity contribution is -0.0625. The van der Waals surface area contributed by atoms with Crippen LogP contribution in [0.1, 0.15) is 39.3 Å². The van der Waals surface area contributed by atoms with E-state index in [1.165, 1.54) is 0 Å². The second-order valence-electron chi connectivity index (χ2n) is 13.1. The van der Waals surface area contributed by atoms with Crippen LogP contribution < -0.4 is 21.6 Å². The van der Waals surface area contributed by atoms with Crippen LogP contribution in [0.5, 0.6) is 0 Å². The van der Waals surface area contributed by atoms with Crippen LogP contribution in [0.2, 0.25) is 10.0 Å². The molecule has 3 aromatic rings. The number of fused-ring (bicyclic) bond motifs is 2. The van der Waals surface area contributed by atoms with Crippen molar-refractivity contribution < 1.29 is 6.11 Å². The first-order chi connectivity index (χ1) is 21.1. The van der Waals surface area contributed by atoms with Gasteiger partial charge in [-0.25, -0.2) is 0 Å². The van der Waals surface area contributed by atoms with Crippen molar-refractivity contribution in [2.45, 2.75) is 38.9 Å². The Morgan fingerprint density at radius 3 is 2.63 bits per heavy atom. The molecule has 3 aliphatic heterocycles. The molecule has 1 saturated carbocycles. The molecule has 4 aliphatic rings. The first-order valence-corrected chi connectivity index (χ1v) is 15.4. The maximum absolute atomic E-state index is 9.90. The van der Waals surface area contributed by atoms with Gasteiger partial charge in [0, 0.05) is 48.1 Å². The van der Waals surface area contributed by atoms with Gasteiger partial charge in [0.2, 0.25) is 0 Å². The number of hydrazine groups is 2. The van der Waals surface area contributed by atoms with Crippen molar-refractivity contribution in [1.29, 1.82) is 5.26 Å². The molecule has 1 aromatic heterocycles. The SMILES string of the molecule is [2H][C@](Nc1cc(Cl)c2ncc(C#N)c(NCC(C)(C)C)c2c1)(C1=CN(C2[C@H]3CN(C4COC4)C[C@@H]23)NN1)c1ccccc1Cl. The summed E-state index contributed by atoms with van der Waals surface area (Å²) >= 11 is 13.5. The topological polar surface area (TPSA) is 101 Å². The Hall–Kier alpha value is -3.26. The second kappa shape index (κ2) is 11.0. The number of benzene rings is 2. The van der Waals surface area contributed by atoms with Crippen molar-refractivity contribution in [2.24, 2.45) is 17.3 Å². The van der Waals surface area contributed by atoms with Gasteiger partial charge < -0.3 is 20.8 Å². The van der Waals surface area contributed by atoms with Gasteiger partial charge >= 0.3 is 0 Å². The van der Waals surface area contributed by atoms with Gasteiger partial charge in [-0.15, -0.1) is 5.53 Å². The van der Waals surface area contributed by atoms with Gasteiger partial charge in [0.1, 0.15) is 6.07 Å². The minimum absolute atomic E-state index is 0.0220. The fraction of sp³-hybridized carbons (Fsp3) is 0.438. The van der Waals surface area contributed by atoms with Gasteiger partial charge in [-0.3, -0.25) is 14.9 Å². The van der Waals surface area contributed by atoms with E-state index in [0.29, 0.717) is 79.6 Å². The van der Waals surface area contributed by atoms with Gasteiger partial charge in [0.25, 0.3) is 0 Å². The van der Waals surface area contributed by atoms with E-state index in [1.807, 2.05) is 30.5 Å². The molecule has 2 saturated heterocycles. The van der Waals surface area contributed by atoms with E-state index in [1.54, 1.807) is 18.3 Å². The summed E-state index contributed by atoms with van der Waals surface area (Å²) in [4.78, 5) is 7.04. The van der Waals surface area contributed by atoms with E-state index in [9.17, 15) is 6.63 Å². The maximum Gasteiger partial charge on any atom is 0.103 e. The van der Waals surface area contributed by atoms with Crippen molar-refractivity contribution >= 4 is 45.5 Å². The molecule has 7 rings (SSSR count). The van der Waals surface area contributed by atoms with Crippen molar-refractivity contribution in [2.75, 3.05) is 43.5 Å². The van der Waals surface area contributed by atoms with Gasteiger partial charge in [0.05, 0.1) is 60.2 Å². The van der Waals surface area contributed by atoms with Gasteiger partial charge in [-0.1, -0.05) is 62.2 Å². The number of anilines is 2. The number of likely N-dealkylation sites (tertiary alicyclic amines) is 1. The molecule has 4 N–H and O–H groups in total. The summed E-state index contributed by atoms with van der Waals surface area (Å²) in [6.45, 7) is 10.8. The van der Waals surface area contributed by atoms with Crippen LogP contribution in [0.4, 0.5) is 11.4 Å². The molecule has 0 spiro atoms. The smallest absolute Gasteiger partial charge is 0.103 e. The molecular weight excluding hydrogens is 583 g/mol. The van der Waals surface area contributed by atoms with E-state index in [-0.39, 0.29) is 5.41 Å². The third kappa shape index (κ3) is 5.47. The molecule has 2 aromatic carbocycles. The molecule has 0 bridgehead atoms. The standard InChI is InChI=1S/C32H36Cl2N8O/c1-32(2,3)17-37-28-18(10-35)11-36-29-22(28)8-19(9-26(29)34)38-30(21-6-4-5-7-25(21)33)27-14-42(40-39-27)31-23-12-41(13-24(23)31)20-15-43-16-20/h4-9,11,14,20,23-24,30-31,38-40H,12-13,15-17H2,1-3H3,(H,36,37)/t23-,24+,30-,31?/m1/s1/i30D. The van der Waals surface area contributed by atoms with Gasteiger partial charge in [-0.2, -0.15) is 5.26 Å². The number of nitriles is 1. The fourth-order valence-electron chi connectivity index (χ4n) is 6.34. The minimum Gasteiger partial charge on any atom is -0.383 e. The summed E-state index contributed by atoms with van der Waals surface area (Å²) in [7, 11) is 0. The lowest BCUT2D eigenvalue weighted by Gasteiger charge is -2.36.